The third-order valence-electron chi connectivity index (χ3n) is 4.11. The lowest BCUT2D eigenvalue weighted by Gasteiger charge is -2.29. The molecule has 1 saturated carbocycles. The summed E-state index contributed by atoms with van der Waals surface area (Å²) in [5.74, 6) is 0.639. The third kappa shape index (κ3) is 9.46. The van der Waals surface area contributed by atoms with Crippen molar-refractivity contribution in [2.75, 3.05) is 26.3 Å². The molecule has 3 atom stereocenters. The van der Waals surface area contributed by atoms with Crippen LogP contribution in [0, 0.1) is 5.92 Å². The average Bonchev–Trinajstić information content (AvgIpc) is 2.45. The van der Waals surface area contributed by atoms with Gasteiger partial charge in [-0.05, 0) is 52.0 Å². The highest BCUT2D eigenvalue weighted by Crippen LogP contribution is 2.26. The van der Waals surface area contributed by atoms with Gasteiger partial charge in [0.05, 0.1) is 24.9 Å². The molecule has 1 aliphatic carbocycles. The Bertz CT molecular complexity index is 248. The Labute approximate surface area is 130 Å². The molecule has 0 aromatic carbocycles. The minimum absolute atomic E-state index is 0.319. The molecule has 1 rings (SSSR count). The number of rotatable bonds is 11. The van der Waals surface area contributed by atoms with E-state index in [4.69, 9.17) is 9.47 Å². The van der Waals surface area contributed by atoms with E-state index < -0.39 is 6.10 Å². The molecule has 0 amide bonds. The summed E-state index contributed by atoms with van der Waals surface area (Å²) in [6.45, 7) is 9.20. The van der Waals surface area contributed by atoms with Crippen LogP contribution in [-0.2, 0) is 9.47 Å². The van der Waals surface area contributed by atoms with Crippen molar-refractivity contribution in [2.24, 2.45) is 5.92 Å². The van der Waals surface area contributed by atoms with E-state index >= 15 is 0 Å². The molecule has 126 valence electrons. The van der Waals surface area contributed by atoms with E-state index in [1.807, 2.05) is 0 Å². The Hall–Kier alpha value is -0.160. The fourth-order valence-electron chi connectivity index (χ4n) is 2.76. The fourth-order valence-corrected chi connectivity index (χ4v) is 2.76. The van der Waals surface area contributed by atoms with Gasteiger partial charge in [-0.1, -0.05) is 19.8 Å². The van der Waals surface area contributed by atoms with Gasteiger partial charge in [0.25, 0.3) is 0 Å². The van der Waals surface area contributed by atoms with Gasteiger partial charge in [-0.25, -0.2) is 0 Å². The van der Waals surface area contributed by atoms with Crippen LogP contribution in [0.3, 0.4) is 0 Å². The number of hydrogen-bond acceptors (Lipinski definition) is 4. The van der Waals surface area contributed by atoms with Crippen molar-refractivity contribution in [1.29, 1.82) is 0 Å². The van der Waals surface area contributed by atoms with Crippen molar-refractivity contribution in [3.63, 3.8) is 0 Å². The van der Waals surface area contributed by atoms with Crippen LogP contribution in [0.5, 0.6) is 0 Å². The van der Waals surface area contributed by atoms with Crippen LogP contribution in [-0.4, -0.2) is 49.7 Å². The van der Waals surface area contributed by atoms with E-state index in [2.05, 4.69) is 26.1 Å². The summed E-state index contributed by atoms with van der Waals surface area (Å²) in [6, 6.07) is 0. The van der Waals surface area contributed by atoms with Gasteiger partial charge in [-0.2, -0.15) is 0 Å². The largest absolute Gasteiger partial charge is 0.389 e. The van der Waals surface area contributed by atoms with Crippen molar-refractivity contribution >= 4 is 0 Å². The van der Waals surface area contributed by atoms with E-state index in [1.54, 1.807) is 0 Å². The zero-order valence-electron chi connectivity index (χ0n) is 14.1. The molecule has 1 aliphatic rings. The molecule has 0 aromatic heterocycles. The second-order valence-electron chi connectivity index (χ2n) is 6.62. The summed E-state index contributed by atoms with van der Waals surface area (Å²) >= 11 is 0. The predicted molar refractivity (Wildman–Crippen MR) is 86.6 cm³/mol. The first-order valence-electron chi connectivity index (χ1n) is 8.71. The molecule has 4 heteroatoms. The lowest BCUT2D eigenvalue weighted by molar-refractivity contribution is -0.0451. The molecule has 0 spiro atoms. The van der Waals surface area contributed by atoms with Gasteiger partial charge in [-0.15, -0.1) is 0 Å². The number of nitrogens with one attached hydrogen (secondary N) is 1. The molecule has 3 unspecified atom stereocenters. The Kier molecular flexibility index (Phi) is 10.3. The standard InChI is InChI=1S/C17H35NO3/c1-14(2)20-11-7-6-10-18-12-16(19)13-21-17-9-5-4-8-15(17)3/h14-19H,4-13H2,1-3H3. The molecular weight excluding hydrogens is 266 g/mol. The van der Waals surface area contributed by atoms with Gasteiger partial charge in [0.1, 0.15) is 0 Å². The Morgan fingerprint density at radius 1 is 1.19 bits per heavy atom. The topological polar surface area (TPSA) is 50.7 Å². The summed E-state index contributed by atoms with van der Waals surface area (Å²) in [4.78, 5) is 0. The van der Waals surface area contributed by atoms with Gasteiger partial charge in [0, 0.05) is 13.2 Å². The summed E-state index contributed by atoms with van der Waals surface area (Å²) in [5.41, 5.74) is 0. The Morgan fingerprint density at radius 2 is 1.95 bits per heavy atom. The molecule has 21 heavy (non-hydrogen) atoms. The molecule has 0 aromatic rings. The maximum absolute atomic E-state index is 9.93. The smallest absolute Gasteiger partial charge is 0.0897 e. The molecular formula is C17H35NO3. The monoisotopic (exact) mass is 301 g/mol. The Balaban J connectivity index is 1.92. The van der Waals surface area contributed by atoms with E-state index in [9.17, 15) is 5.11 Å². The minimum atomic E-state index is -0.397. The molecule has 1 fully saturated rings. The van der Waals surface area contributed by atoms with E-state index in [0.717, 1.165) is 32.4 Å². The number of ether oxygens (including phenoxy) is 2. The van der Waals surface area contributed by atoms with Gasteiger partial charge in [-0.3, -0.25) is 0 Å². The van der Waals surface area contributed by atoms with Crippen LogP contribution in [0.4, 0.5) is 0 Å². The van der Waals surface area contributed by atoms with E-state index in [-0.39, 0.29) is 0 Å². The lowest BCUT2D eigenvalue weighted by atomic mass is 9.88. The van der Waals surface area contributed by atoms with Crippen molar-refractivity contribution in [1.82, 2.24) is 5.32 Å². The van der Waals surface area contributed by atoms with Crippen LogP contribution in [0.15, 0.2) is 0 Å². The summed E-state index contributed by atoms with van der Waals surface area (Å²) in [5, 5.41) is 13.2. The average molecular weight is 301 g/mol. The maximum Gasteiger partial charge on any atom is 0.0897 e. The highest BCUT2D eigenvalue weighted by atomic mass is 16.5. The number of hydrogen-bond donors (Lipinski definition) is 2. The summed E-state index contributed by atoms with van der Waals surface area (Å²) in [7, 11) is 0. The second-order valence-corrected chi connectivity index (χ2v) is 6.62. The van der Waals surface area contributed by atoms with Crippen LogP contribution >= 0.6 is 0 Å². The van der Waals surface area contributed by atoms with E-state index in [1.165, 1.54) is 19.3 Å². The number of unbranched alkanes of at least 4 members (excludes halogenated alkanes) is 1. The first-order chi connectivity index (χ1) is 10.1. The van der Waals surface area contributed by atoms with Gasteiger partial charge in [0.2, 0.25) is 0 Å². The van der Waals surface area contributed by atoms with Crippen LogP contribution < -0.4 is 5.32 Å². The van der Waals surface area contributed by atoms with Gasteiger partial charge < -0.3 is 19.9 Å². The molecule has 0 aliphatic heterocycles. The minimum Gasteiger partial charge on any atom is -0.389 e. The molecule has 0 heterocycles. The van der Waals surface area contributed by atoms with Crippen molar-refractivity contribution in [2.45, 2.75) is 77.6 Å². The zero-order valence-corrected chi connectivity index (χ0v) is 14.1. The quantitative estimate of drug-likeness (QED) is 0.576. The lowest BCUT2D eigenvalue weighted by Crippen LogP contribution is -2.34. The molecule has 0 bridgehead atoms. The normalized spacial score (nSPS) is 24.4. The zero-order chi connectivity index (χ0) is 15.5. The molecule has 0 saturated heterocycles. The van der Waals surface area contributed by atoms with Crippen molar-refractivity contribution in [3.8, 4) is 0 Å². The van der Waals surface area contributed by atoms with Gasteiger partial charge in [0.15, 0.2) is 0 Å². The SMILES string of the molecule is CC(C)OCCCCNCC(O)COC1CCCCC1C. The van der Waals surface area contributed by atoms with Crippen LogP contribution in [0.25, 0.3) is 0 Å². The highest BCUT2D eigenvalue weighted by Gasteiger charge is 2.22. The van der Waals surface area contributed by atoms with Crippen LogP contribution in [0.2, 0.25) is 0 Å². The first kappa shape index (κ1) is 18.9. The van der Waals surface area contributed by atoms with Crippen LogP contribution in [0.1, 0.15) is 59.3 Å². The van der Waals surface area contributed by atoms with Crippen molar-refractivity contribution in [3.05, 3.63) is 0 Å². The van der Waals surface area contributed by atoms with Crippen molar-refractivity contribution < 1.29 is 14.6 Å². The molecule has 0 radical (unpaired) electrons. The highest BCUT2D eigenvalue weighted by molar-refractivity contribution is 4.73. The predicted octanol–water partition coefficient (Wildman–Crippen LogP) is 2.74. The van der Waals surface area contributed by atoms with Gasteiger partial charge >= 0.3 is 0 Å². The summed E-state index contributed by atoms with van der Waals surface area (Å²) in [6.07, 6.45) is 7.42. The Morgan fingerprint density at radius 3 is 2.67 bits per heavy atom. The second kappa shape index (κ2) is 11.4. The molecule has 2 N–H and O–H groups in total. The maximum atomic E-state index is 9.93. The number of aliphatic hydroxyl groups is 1. The third-order valence-corrected chi connectivity index (χ3v) is 4.11. The summed E-state index contributed by atoms with van der Waals surface area (Å²) < 4.78 is 11.4. The first-order valence-corrected chi connectivity index (χ1v) is 8.71. The molecule has 4 nitrogen and oxygen atoms in total. The number of aliphatic hydroxyl groups excluding tert-OH is 1. The van der Waals surface area contributed by atoms with E-state index in [0.29, 0.717) is 31.3 Å². The fraction of sp³-hybridized carbons (Fsp3) is 1.00.